The number of hydrogen-bond acceptors (Lipinski definition) is 2. The monoisotopic (exact) mass is 135 g/mol. The molecule has 0 heterocycles. The van der Waals surface area contributed by atoms with Crippen LogP contribution in [0.5, 0.6) is 0 Å². The number of hydrogen-bond donors (Lipinski definition) is 2. The molecular weight excluding hydrogens is 128 g/mol. The molecule has 0 saturated heterocycles. The molecule has 1 unspecified atom stereocenters. The first-order valence-electron chi connectivity index (χ1n) is 2.12. The van der Waals surface area contributed by atoms with Crippen LogP contribution in [0.3, 0.4) is 0 Å². The number of alkyl halides is 1. The number of amides is 1. The molecule has 3 nitrogen and oxygen atoms in total. The van der Waals surface area contributed by atoms with Gasteiger partial charge in [0.25, 0.3) is 0 Å². The molecule has 0 fully saturated rings. The Morgan fingerprint density at radius 1 is 2.00 bits per heavy atom. The lowest BCUT2D eigenvalue weighted by atomic mass is 10.4. The summed E-state index contributed by atoms with van der Waals surface area (Å²) in [6.07, 6.45) is 0. The quantitative estimate of drug-likeness (QED) is 0.511. The standard InChI is InChI=1S/C4H8ClN2O/c1-7-2-3(5)4(6)8/h2-3,7H,1H3,(H2,6,8). The van der Waals surface area contributed by atoms with Crippen molar-refractivity contribution in [2.24, 2.45) is 5.73 Å². The Hall–Kier alpha value is -0.280. The van der Waals surface area contributed by atoms with Gasteiger partial charge in [0.15, 0.2) is 0 Å². The Labute approximate surface area is 53.2 Å². The summed E-state index contributed by atoms with van der Waals surface area (Å²) in [5.74, 6) is -0.541. The summed E-state index contributed by atoms with van der Waals surface area (Å²) in [6.45, 7) is 1.41. The lowest BCUT2D eigenvalue weighted by molar-refractivity contribution is -0.117. The van der Waals surface area contributed by atoms with Gasteiger partial charge in [-0.2, -0.15) is 0 Å². The van der Waals surface area contributed by atoms with E-state index in [0.717, 1.165) is 0 Å². The summed E-state index contributed by atoms with van der Waals surface area (Å²) >= 11 is 5.32. The lowest BCUT2D eigenvalue weighted by Crippen LogP contribution is -2.27. The van der Waals surface area contributed by atoms with Gasteiger partial charge in [-0.05, 0) is 7.05 Å². The Kier molecular flexibility index (Phi) is 3.56. The average Bonchev–Trinajstić information content (AvgIpc) is 1.67. The third-order valence-electron chi connectivity index (χ3n) is 0.585. The number of carbonyl (C=O) groups is 1. The van der Waals surface area contributed by atoms with Crippen molar-refractivity contribution in [1.82, 2.24) is 5.32 Å². The second kappa shape index (κ2) is 3.69. The van der Waals surface area contributed by atoms with Gasteiger partial charge in [-0.3, -0.25) is 4.79 Å². The van der Waals surface area contributed by atoms with E-state index in [4.69, 9.17) is 17.3 Å². The Morgan fingerprint density at radius 2 is 2.50 bits per heavy atom. The largest absolute Gasteiger partial charge is 0.368 e. The van der Waals surface area contributed by atoms with E-state index in [-0.39, 0.29) is 0 Å². The van der Waals surface area contributed by atoms with E-state index >= 15 is 0 Å². The van der Waals surface area contributed by atoms with Crippen molar-refractivity contribution in [3.05, 3.63) is 6.54 Å². The van der Waals surface area contributed by atoms with E-state index in [1.165, 1.54) is 6.54 Å². The van der Waals surface area contributed by atoms with E-state index in [9.17, 15) is 4.79 Å². The summed E-state index contributed by atoms with van der Waals surface area (Å²) in [5, 5.41) is 1.88. The van der Waals surface area contributed by atoms with Crippen LogP contribution in [0.1, 0.15) is 0 Å². The first-order valence-corrected chi connectivity index (χ1v) is 2.56. The molecule has 1 amide bonds. The summed E-state index contributed by atoms with van der Waals surface area (Å²) in [6, 6.07) is 0. The van der Waals surface area contributed by atoms with Crippen LogP contribution in [0, 0.1) is 6.54 Å². The molecule has 4 heteroatoms. The fourth-order valence-corrected chi connectivity index (χ4v) is 0.354. The maximum Gasteiger partial charge on any atom is 0.237 e. The van der Waals surface area contributed by atoms with Gasteiger partial charge in [0.05, 0.1) is 0 Å². The molecule has 0 aliphatic rings. The minimum Gasteiger partial charge on any atom is -0.368 e. The summed E-state index contributed by atoms with van der Waals surface area (Å²) < 4.78 is 0. The van der Waals surface area contributed by atoms with Gasteiger partial charge in [-0.15, -0.1) is 11.6 Å². The SMILES string of the molecule is CN[CH]C(Cl)C(N)=O. The minimum absolute atomic E-state index is 0.541. The Morgan fingerprint density at radius 3 is 2.62 bits per heavy atom. The van der Waals surface area contributed by atoms with Crippen molar-refractivity contribution in [1.29, 1.82) is 0 Å². The number of nitrogens with one attached hydrogen (secondary N) is 1. The molecule has 0 spiro atoms. The molecule has 0 aromatic heterocycles. The highest BCUT2D eigenvalue weighted by Crippen LogP contribution is 1.93. The molecule has 0 aromatic carbocycles. The second-order valence-electron chi connectivity index (χ2n) is 1.26. The van der Waals surface area contributed by atoms with Gasteiger partial charge in [-0.25, -0.2) is 0 Å². The molecule has 1 atom stereocenters. The van der Waals surface area contributed by atoms with Gasteiger partial charge in [0.2, 0.25) is 5.91 Å². The van der Waals surface area contributed by atoms with Crippen molar-refractivity contribution in [3.8, 4) is 0 Å². The predicted octanol–water partition coefficient (Wildman–Crippen LogP) is -0.540. The molecule has 0 aliphatic carbocycles. The molecule has 0 saturated carbocycles. The zero-order chi connectivity index (χ0) is 6.57. The average molecular weight is 136 g/mol. The molecule has 47 valence electrons. The maximum atomic E-state index is 10.1. The first-order chi connectivity index (χ1) is 3.68. The van der Waals surface area contributed by atoms with E-state index in [2.05, 4.69) is 5.32 Å². The molecule has 8 heavy (non-hydrogen) atoms. The Balaban J connectivity index is 3.32. The summed E-state index contributed by atoms with van der Waals surface area (Å²) in [5.41, 5.74) is 4.78. The van der Waals surface area contributed by atoms with Crippen LogP contribution in [0.15, 0.2) is 0 Å². The van der Waals surface area contributed by atoms with E-state index in [1.807, 2.05) is 0 Å². The fraction of sp³-hybridized carbons (Fsp3) is 0.500. The second-order valence-corrected chi connectivity index (χ2v) is 1.73. The smallest absolute Gasteiger partial charge is 0.237 e. The van der Waals surface area contributed by atoms with Gasteiger partial charge in [0.1, 0.15) is 5.38 Å². The molecule has 0 bridgehead atoms. The third kappa shape index (κ3) is 2.82. The lowest BCUT2D eigenvalue weighted by Gasteiger charge is -1.99. The van der Waals surface area contributed by atoms with Gasteiger partial charge < -0.3 is 11.1 Å². The Bertz CT molecular complexity index is 86.1. The highest BCUT2D eigenvalue weighted by atomic mass is 35.5. The predicted molar refractivity (Wildman–Crippen MR) is 32.2 cm³/mol. The van der Waals surface area contributed by atoms with Crippen LogP contribution in [-0.2, 0) is 4.79 Å². The summed E-state index contributed by atoms with van der Waals surface area (Å²) in [7, 11) is 1.65. The number of primary amides is 1. The highest BCUT2D eigenvalue weighted by molar-refractivity contribution is 6.31. The van der Waals surface area contributed by atoms with E-state index in [0.29, 0.717) is 0 Å². The zero-order valence-corrected chi connectivity index (χ0v) is 5.27. The highest BCUT2D eigenvalue weighted by Gasteiger charge is 2.08. The zero-order valence-electron chi connectivity index (χ0n) is 4.52. The fourth-order valence-electron chi connectivity index (χ4n) is 0.228. The van der Waals surface area contributed by atoms with Crippen LogP contribution in [0.25, 0.3) is 0 Å². The van der Waals surface area contributed by atoms with Gasteiger partial charge in [-0.1, -0.05) is 0 Å². The first kappa shape index (κ1) is 7.72. The van der Waals surface area contributed by atoms with Crippen molar-refractivity contribution in [2.45, 2.75) is 5.38 Å². The summed E-state index contributed by atoms with van der Waals surface area (Å²) in [4.78, 5) is 10.1. The number of halogens is 1. The molecular formula is C4H8ClN2O. The number of carbonyl (C=O) groups excluding carboxylic acids is 1. The van der Waals surface area contributed by atoms with Crippen LogP contribution in [0.2, 0.25) is 0 Å². The van der Waals surface area contributed by atoms with E-state index in [1.54, 1.807) is 7.05 Å². The topological polar surface area (TPSA) is 55.1 Å². The normalized spacial score (nSPS) is 13.2. The van der Waals surface area contributed by atoms with Crippen molar-refractivity contribution < 1.29 is 4.79 Å². The van der Waals surface area contributed by atoms with Crippen LogP contribution >= 0.6 is 11.6 Å². The van der Waals surface area contributed by atoms with Crippen molar-refractivity contribution >= 4 is 17.5 Å². The molecule has 0 aromatic rings. The van der Waals surface area contributed by atoms with Crippen LogP contribution in [0.4, 0.5) is 0 Å². The van der Waals surface area contributed by atoms with Crippen molar-refractivity contribution in [2.75, 3.05) is 7.05 Å². The van der Waals surface area contributed by atoms with Gasteiger partial charge >= 0.3 is 0 Å². The maximum absolute atomic E-state index is 10.1. The van der Waals surface area contributed by atoms with Gasteiger partial charge in [0, 0.05) is 6.54 Å². The molecule has 1 radical (unpaired) electrons. The van der Waals surface area contributed by atoms with Crippen molar-refractivity contribution in [3.63, 3.8) is 0 Å². The van der Waals surface area contributed by atoms with E-state index < -0.39 is 11.3 Å². The number of nitrogens with two attached hydrogens (primary N) is 1. The minimum atomic E-state index is -0.708. The third-order valence-corrected chi connectivity index (χ3v) is 0.926. The van der Waals surface area contributed by atoms with Crippen LogP contribution < -0.4 is 11.1 Å². The molecule has 3 N–H and O–H groups in total. The number of rotatable bonds is 3. The van der Waals surface area contributed by atoms with Crippen LogP contribution in [-0.4, -0.2) is 18.3 Å². The molecule has 0 aliphatic heterocycles. The molecule has 0 rings (SSSR count).